The summed E-state index contributed by atoms with van der Waals surface area (Å²) in [5.41, 5.74) is 2.75. The number of anilines is 1. The molecular weight excluding hydrogens is 325 g/mol. The molecule has 1 aromatic carbocycles. The molecule has 0 aliphatic rings. The third-order valence-corrected chi connectivity index (χ3v) is 4.03. The summed E-state index contributed by atoms with van der Waals surface area (Å²) in [6.07, 6.45) is 0.867. The monoisotopic (exact) mass is 341 g/mol. The zero-order valence-electron chi connectivity index (χ0n) is 11.7. The minimum absolute atomic E-state index is 0.241. The fraction of sp³-hybridized carbons (Fsp3) is 0.357. The third kappa shape index (κ3) is 2.95. The summed E-state index contributed by atoms with van der Waals surface area (Å²) in [6, 6.07) is 4.81. The lowest BCUT2D eigenvalue weighted by Crippen LogP contribution is -2.06. The van der Waals surface area contributed by atoms with Gasteiger partial charge in [-0.15, -0.1) is 0 Å². The number of hydrogen-bond acceptors (Lipinski definition) is 3. The van der Waals surface area contributed by atoms with E-state index in [2.05, 4.69) is 33.3 Å². The molecule has 0 aliphatic carbocycles. The van der Waals surface area contributed by atoms with Gasteiger partial charge < -0.3 is 10.1 Å². The number of nitrogens with zero attached hydrogens (tertiary/aromatic N) is 2. The molecule has 0 amide bonds. The van der Waals surface area contributed by atoms with E-state index in [1.165, 1.54) is 13.2 Å². The Balaban J connectivity index is 2.13. The van der Waals surface area contributed by atoms with Gasteiger partial charge in [0.15, 0.2) is 11.6 Å². The number of halogens is 2. The lowest BCUT2D eigenvalue weighted by molar-refractivity contribution is 0.386. The molecule has 0 unspecified atom stereocenters. The van der Waals surface area contributed by atoms with Crippen LogP contribution in [0, 0.1) is 5.82 Å². The smallest absolute Gasteiger partial charge is 0.167 e. The van der Waals surface area contributed by atoms with Crippen molar-refractivity contribution < 1.29 is 9.13 Å². The lowest BCUT2D eigenvalue weighted by atomic mass is 10.2. The number of rotatable bonds is 5. The molecule has 1 heterocycles. The Bertz CT molecular complexity index is 613. The predicted molar refractivity (Wildman–Crippen MR) is 80.6 cm³/mol. The highest BCUT2D eigenvalue weighted by molar-refractivity contribution is 9.10. The molecule has 0 fully saturated rings. The van der Waals surface area contributed by atoms with Crippen molar-refractivity contribution in [2.75, 3.05) is 12.4 Å². The van der Waals surface area contributed by atoms with Gasteiger partial charge in [0.05, 0.1) is 29.5 Å². The second-order valence-electron chi connectivity index (χ2n) is 4.39. The van der Waals surface area contributed by atoms with Crippen LogP contribution in [0.1, 0.15) is 18.3 Å². The van der Waals surface area contributed by atoms with Crippen LogP contribution < -0.4 is 10.1 Å². The Morgan fingerprint density at radius 3 is 2.75 bits per heavy atom. The summed E-state index contributed by atoms with van der Waals surface area (Å²) in [4.78, 5) is 0. The SMILES string of the molecule is CCc1nn(C)c(CNc2ccc(OC)c(F)c2)c1Br. The number of aryl methyl sites for hydroxylation is 2. The van der Waals surface area contributed by atoms with Crippen LogP contribution in [0.25, 0.3) is 0 Å². The van der Waals surface area contributed by atoms with Crippen molar-refractivity contribution in [2.45, 2.75) is 19.9 Å². The van der Waals surface area contributed by atoms with Gasteiger partial charge in [0.25, 0.3) is 0 Å². The summed E-state index contributed by atoms with van der Waals surface area (Å²) in [6.45, 7) is 2.62. The number of methoxy groups -OCH3 is 1. The van der Waals surface area contributed by atoms with Crippen molar-refractivity contribution in [2.24, 2.45) is 7.05 Å². The van der Waals surface area contributed by atoms with E-state index in [0.717, 1.165) is 22.3 Å². The zero-order valence-corrected chi connectivity index (χ0v) is 13.3. The number of ether oxygens (including phenoxy) is 1. The van der Waals surface area contributed by atoms with E-state index >= 15 is 0 Å². The Kier molecular flexibility index (Phi) is 4.65. The highest BCUT2D eigenvalue weighted by Crippen LogP contribution is 2.24. The first-order valence-corrected chi connectivity index (χ1v) is 7.13. The number of nitrogens with one attached hydrogen (secondary N) is 1. The molecular formula is C14H17BrFN3O. The minimum atomic E-state index is -0.379. The standard InChI is InChI=1S/C14H17BrFN3O/c1-4-11-14(15)12(19(2)18-11)8-17-9-5-6-13(20-3)10(16)7-9/h5-7,17H,4,8H2,1-3H3. The first kappa shape index (κ1) is 14.8. The number of aromatic nitrogens is 2. The molecule has 2 rings (SSSR count). The van der Waals surface area contributed by atoms with Crippen LogP contribution in [-0.2, 0) is 20.0 Å². The van der Waals surface area contributed by atoms with E-state index in [9.17, 15) is 4.39 Å². The molecule has 1 aromatic heterocycles. The van der Waals surface area contributed by atoms with Crippen molar-refractivity contribution in [3.63, 3.8) is 0 Å². The minimum Gasteiger partial charge on any atom is -0.494 e. The largest absolute Gasteiger partial charge is 0.494 e. The van der Waals surface area contributed by atoms with E-state index in [1.54, 1.807) is 12.1 Å². The summed E-state index contributed by atoms with van der Waals surface area (Å²) < 4.78 is 21.3. The lowest BCUT2D eigenvalue weighted by Gasteiger charge is -2.09. The maximum Gasteiger partial charge on any atom is 0.167 e. The Labute approximate surface area is 126 Å². The quantitative estimate of drug-likeness (QED) is 0.904. The van der Waals surface area contributed by atoms with Crippen LogP contribution in [0.4, 0.5) is 10.1 Å². The first-order valence-electron chi connectivity index (χ1n) is 6.34. The molecule has 0 radical (unpaired) electrons. The van der Waals surface area contributed by atoms with E-state index in [1.807, 2.05) is 11.7 Å². The van der Waals surface area contributed by atoms with Crippen LogP contribution >= 0.6 is 15.9 Å². The van der Waals surface area contributed by atoms with Crippen molar-refractivity contribution in [3.8, 4) is 5.75 Å². The van der Waals surface area contributed by atoms with Crippen molar-refractivity contribution in [3.05, 3.63) is 39.9 Å². The Morgan fingerprint density at radius 2 is 2.20 bits per heavy atom. The van der Waals surface area contributed by atoms with E-state index < -0.39 is 0 Å². The molecule has 0 spiro atoms. The topological polar surface area (TPSA) is 39.1 Å². The van der Waals surface area contributed by atoms with Gasteiger partial charge in [0.1, 0.15) is 0 Å². The molecule has 4 nitrogen and oxygen atoms in total. The average Bonchev–Trinajstić information content (AvgIpc) is 2.71. The van der Waals surface area contributed by atoms with Crippen LogP contribution in [-0.4, -0.2) is 16.9 Å². The molecule has 108 valence electrons. The highest BCUT2D eigenvalue weighted by atomic mass is 79.9. The highest BCUT2D eigenvalue weighted by Gasteiger charge is 2.12. The summed E-state index contributed by atoms with van der Waals surface area (Å²) in [7, 11) is 3.35. The maximum atomic E-state index is 13.6. The molecule has 0 saturated heterocycles. The molecule has 0 saturated carbocycles. The second-order valence-corrected chi connectivity index (χ2v) is 5.18. The Morgan fingerprint density at radius 1 is 1.45 bits per heavy atom. The van der Waals surface area contributed by atoms with Crippen LogP contribution in [0.2, 0.25) is 0 Å². The van der Waals surface area contributed by atoms with E-state index in [0.29, 0.717) is 12.2 Å². The fourth-order valence-corrected chi connectivity index (χ4v) is 2.73. The molecule has 6 heteroatoms. The maximum absolute atomic E-state index is 13.6. The molecule has 2 aromatic rings. The van der Waals surface area contributed by atoms with Crippen LogP contribution in [0.15, 0.2) is 22.7 Å². The summed E-state index contributed by atoms with van der Waals surface area (Å²) in [5.74, 6) is -0.138. The van der Waals surface area contributed by atoms with Gasteiger partial charge >= 0.3 is 0 Å². The fourth-order valence-electron chi connectivity index (χ4n) is 1.97. The first-order chi connectivity index (χ1) is 9.56. The Hall–Kier alpha value is -1.56. The van der Waals surface area contributed by atoms with Crippen LogP contribution in [0.3, 0.4) is 0 Å². The van der Waals surface area contributed by atoms with Gasteiger partial charge in [-0.1, -0.05) is 6.92 Å². The molecule has 0 aliphatic heterocycles. The van der Waals surface area contributed by atoms with Crippen molar-refractivity contribution in [1.29, 1.82) is 0 Å². The zero-order chi connectivity index (χ0) is 14.7. The normalized spacial score (nSPS) is 10.7. The van der Waals surface area contributed by atoms with Gasteiger partial charge in [0, 0.05) is 18.8 Å². The van der Waals surface area contributed by atoms with E-state index in [-0.39, 0.29) is 11.6 Å². The average molecular weight is 342 g/mol. The van der Waals surface area contributed by atoms with Gasteiger partial charge in [0.2, 0.25) is 0 Å². The molecule has 0 atom stereocenters. The molecule has 0 bridgehead atoms. The summed E-state index contributed by atoms with van der Waals surface area (Å²) >= 11 is 3.56. The van der Waals surface area contributed by atoms with Crippen LogP contribution in [0.5, 0.6) is 5.75 Å². The van der Waals surface area contributed by atoms with E-state index in [4.69, 9.17) is 4.74 Å². The van der Waals surface area contributed by atoms with Gasteiger partial charge in [-0.3, -0.25) is 4.68 Å². The van der Waals surface area contributed by atoms with Crippen molar-refractivity contribution >= 4 is 21.6 Å². The molecule has 20 heavy (non-hydrogen) atoms. The predicted octanol–water partition coefficient (Wildman–Crippen LogP) is 3.50. The second kappa shape index (κ2) is 6.26. The van der Waals surface area contributed by atoms with Gasteiger partial charge in [-0.2, -0.15) is 5.10 Å². The van der Waals surface area contributed by atoms with Crippen molar-refractivity contribution in [1.82, 2.24) is 9.78 Å². The van der Waals surface area contributed by atoms with Gasteiger partial charge in [-0.05, 0) is 34.5 Å². The third-order valence-electron chi connectivity index (χ3n) is 3.11. The molecule has 1 N–H and O–H groups in total. The summed E-state index contributed by atoms with van der Waals surface area (Å²) in [5, 5.41) is 7.61. The van der Waals surface area contributed by atoms with Gasteiger partial charge in [-0.25, -0.2) is 4.39 Å². The number of hydrogen-bond donors (Lipinski definition) is 1. The number of benzene rings is 1.